The van der Waals surface area contributed by atoms with Crippen LogP contribution < -0.4 is 10.5 Å². The van der Waals surface area contributed by atoms with Crippen molar-refractivity contribution in [3.63, 3.8) is 0 Å². The van der Waals surface area contributed by atoms with Crippen molar-refractivity contribution in [1.82, 2.24) is 10.3 Å². The zero-order chi connectivity index (χ0) is 13.2. The zero-order valence-corrected chi connectivity index (χ0v) is 10.8. The molecule has 0 fully saturated rings. The molecule has 1 aromatic carbocycles. The minimum atomic E-state index is -0.213. The van der Waals surface area contributed by atoms with E-state index in [2.05, 4.69) is 14.9 Å². The van der Waals surface area contributed by atoms with Gasteiger partial charge in [0.1, 0.15) is 0 Å². The van der Waals surface area contributed by atoms with Gasteiger partial charge >= 0.3 is 0 Å². The molecule has 18 heavy (non-hydrogen) atoms. The van der Waals surface area contributed by atoms with Crippen molar-refractivity contribution in [1.29, 1.82) is 0 Å². The second-order valence-electron chi connectivity index (χ2n) is 4.68. The number of hydrogen-bond donors (Lipinski definition) is 1. The first-order valence-corrected chi connectivity index (χ1v) is 5.72. The van der Waals surface area contributed by atoms with E-state index in [-0.39, 0.29) is 5.60 Å². The minimum absolute atomic E-state index is 0.213. The van der Waals surface area contributed by atoms with E-state index >= 15 is 0 Å². The van der Waals surface area contributed by atoms with Crippen LogP contribution in [0.25, 0.3) is 11.0 Å². The molecule has 0 spiro atoms. The number of methoxy groups -OCH3 is 1. The van der Waals surface area contributed by atoms with Gasteiger partial charge < -0.3 is 15.2 Å². The summed E-state index contributed by atoms with van der Waals surface area (Å²) in [5.74, 6) is 0.618. The van der Waals surface area contributed by atoms with Crippen LogP contribution in [0.2, 0.25) is 0 Å². The van der Waals surface area contributed by atoms with Crippen LogP contribution >= 0.6 is 0 Å². The number of anilines is 1. The molecule has 0 aliphatic carbocycles. The fourth-order valence-corrected chi connectivity index (χ4v) is 1.49. The van der Waals surface area contributed by atoms with Gasteiger partial charge in [-0.1, -0.05) is 0 Å². The molecule has 0 aliphatic heterocycles. The van der Waals surface area contributed by atoms with Crippen LogP contribution in [0.3, 0.4) is 0 Å². The van der Waals surface area contributed by atoms with Crippen molar-refractivity contribution in [2.24, 2.45) is 0 Å². The standard InChI is InChI=1S/C12H17N3O3/c1-12(2,16-3)6-7-17-9-5-4-8(13)10-11(9)15-18-14-10/h4-5H,6-7,13H2,1-3H3. The first-order chi connectivity index (χ1) is 8.53. The molecular formula is C12H17N3O3. The molecule has 0 saturated carbocycles. The van der Waals surface area contributed by atoms with Crippen LogP contribution in [0, 0.1) is 0 Å². The highest BCUT2D eigenvalue weighted by molar-refractivity contribution is 5.90. The second kappa shape index (κ2) is 4.81. The van der Waals surface area contributed by atoms with Crippen molar-refractivity contribution in [3.05, 3.63) is 12.1 Å². The highest BCUT2D eigenvalue weighted by Gasteiger charge is 2.17. The summed E-state index contributed by atoms with van der Waals surface area (Å²) in [4.78, 5) is 0. The van der Waals surface area contributed by atoms with Gasteiger partial charge in [-0.25, -0.2) is 4.63 Å². The maximum atomic E-state index is 5.75. The Morgan fingerprint density at radius 1 is 1.28 bits per heavy atom. The number of nitrogens with zero attached hydrogens (tertiary/aromatic N) is 2. The molecule has 0 unspecified atom stereocenters. The maximum Gasteiger partial charge on any atom is 0.179 e. The van der Waals surface area contributed by atoms with Crippen LogP contribution in [0.1, 0.15) is 20.3 Å². The molecule has 2 rings (SSSR count). The number of nitrogens with two attached hydrogens (primary N) is 1. The number of ether oxygens (including phenoxy) is 2. The second-order valence-corrected chi connectivity index (χ2v) is 4.68. The molecule has 0 atom stereocenters. The molecule has 2 N–H and O–H groups in total. The molecule has 0 bridgehead atoms. The molecule has 2 aromatic rings. The molecule has 98 valence electrons. The number of nitrogen functional groups attached to an aromatic ring is 1. The Morgan fingerprint density at radius 2 is 2.00 bits per heavy atom. The Morgan fingerprint density at radius 3 is 2.72 bits per heavy atom. The van der Waals surface area contributed by atoms with Gasteiger partial charge in [0.05, 0.1) is 17.9 Å². The quantitative estimate of drug-likeness (QED) is 0.818. The maximum absolute atomic E-state index is 5.75. The van der Waals surface area contributed by atoms with Crippen LogP contribution in [0.4, 0.5) is 5.69 Å². The van der Waals surface area contributed by atoms with Gasteiger partial charge in [0, 0.05) is 13.5 Å². The highest BCUT2D eigenvalue weighted by Crippen LogP contribution is 2.27. The van der Waals surface area contributed by atoms with Crippen molar-refractivity contribution < 1.29 is 14.1 Å². The number of benzene rings is 1. The van der Waals surface area contributed by atoms with Gasteiger partial charge in [-0.2, -0.15) is 0 Å². The predicted octanol–water partition coefficient (Wildman–Crippen LogP) is 2.00. The fraction of sp³-hybridized carbons (Fsp3) is 0.500. The van der Waals surface area contributed by atoms with Gasteiger partial charge in [0.25, 0.3) is 0 Å². The summed E-state index contributed by atoms with van der Waals surface area (Å²) in [5, 5.41) is 7.53. The Hall–Kier alpha value is -1.82. The lowest BCUT2D eigenvalue weighted by Crippen LogP contribution is -2.25. The van der Waals surface area contributed by atoms with Crippen LogP contribution in [0.15, 0.2) is 16.8 Å². The molecule has 6 nitrogen and oxygen atoms in total. The smallest absolute Gasteiger partial charge is 0.179 e. The summed E-state index contributed by atoms with van der Waals surface area (Å²) < 4.78 is 15.7. The Kier molecular flexibility index (Phi) is 3.38. The van der Waals surface area contributed by atoms with E-state index in [1.165, 1.54) is 0 Å². The summed E-state index contributed by atoms with van der Waals surface area (Å²) in [6, 6.07) is 3.49. The summed E-state index contributed by atoms with van der Waals surface area (Å²) in [5.41, 5.74) is 7.13. The molecule has 0 radical (unpaired) electrons. The van der Waals surface area contributed by atoms with Crippen LogP contribution in [-0.2, 0) is 4.74 Å². The molecule has 1 heterocycles. The SMILES string of the molecule is COC(C)(C)CCOc1ccc(N)c2nonc12. The fourth-order valence-electron chi connectivity index (χ4n) is 1.49. The molecule has 0 amide bonds. The third-order valence-electron chi connectivity index (χ3n) is 2.92. The molecular weight excluding hydrogens is 234 g/mol. The van der Waals surface area contributed by atoms with Crippen molar-refractivity contribution in [2.75, 3.05) is 19.5 Å². The lowest BCUT2D eigenvalue weighted by atomic mass is 10.1. The average Bonchev–Trinajstić information content (AvgIpc) is 2.82. The molecule has 0 aliphatic rings. The average molecular weight is 251 g/mol. The normalized spacial score (nSPS) is 11.9. The van der Waals surface area contributed by atoms with E-state index in [0.29, 0.717) is 29.1 Å². The first-order valence-electron chi connectivity index (χ1n) is 5.72. The van der Waals surface area contributed by atoms with Crippen LogP contribution in [0.5, 0.6) is 5.75 Å². The summed E-state index contributed by atoms with van der Waals surface area (Å²) >= 11 is 0. The highest BCUT2D eigenvalue weighted by atomic mass is 16.6. The summed E-state index contributed by atoms with van der Waals surface area (Å²) in [6.07, 6.45) is 0.765. The summed E-state index contributed by atoms with van der Waals surface area (Å²) in [7, 11) is 1.68. The largest absolute Gasteiger partial charge is 0.491 e. The van der Waals surface area contributed by atoms with E-state index < -0.39 is 0 Å². The van der Waals surface area contributed by atoms with E-state index in [4.69, 9.17) is 15.2 Å². The topological polar surface area (TPSA) is 83.4 Å². The predicted molar refractivity (Wildman–Crippen MR) is 67.4 cm³/mol. The van der Waals surface area contributed by atoms with E-state index in [1.54, 1.807) is 19.2 Å². The van der Waals surface area contributed by atoms with Crippen molar-refractivity contribution in [3.8, 4) is 5.75 Å². The van der Waals surface area contributed by atoms with Crippen molar-refractivity contribution >= 4 is 16.7 Å². The third kappa shape index (κ3) is 2.53. The van der Waals surface area contributed by atoms with Gasteiger partial charge in [0.15, 0.2) is 16.8 Å². The zero-order valence-electron chi connectivity index (χ0n) is 10.8. The Balaban J connectivity index is 2.09. The van der Waals surface area contributed by atoms with Gasteiger partial charge in [-0.15, -0.1) is 0 Å². The van der Waals surface area contributed by atoms with Gasteiger partial charge in [0.2, 0.25) is 0 Å². The number of fused-ring (bicyclic) bond motifs is 1. The lowest BCUT2D eigenvalue weighted by Gasteiger charge is -2.22. The number of rotatable bonds is 5. The minimum Gasteiger partial charge on any atom is -0.491 e. The monoisotopic (exact) mass is 251 g/mol. The first kappa shape index (κ1) is 12.6. The van der Waals surface area contributed by atoms with Crippen LogP contribution in [-0.4, -0.2) is 29.6 Å². The Labute approximate surface area is 105 Å². The van der Waals surface area contributed by atoms with E-state index in [1.807, 2.05) is 13.8 Å². The lowest BCUT2D eigenvalue weighted by molar-refractivity contribution is 0.00555. The number of hydrogen-bond acceptors (Lipinski definition) is 6. The molecule has 6 heteroatoms. The van der Waals surface area contributed by atoms with E-state index in [9.17, 15) is 0 Å². The number of aromatic nitrogens is 2. The molecule has 0 saturated heterocycles. The van der Waals surface area contributed by atoms with Crippen molar-refractivity contribution in [2.45, 2.75) is 25.9 Å². The van der Waals surface area contributed by atoms with Gasteiger partial charge in [-0.05, 0) is 36.3 Å². The molecule has 1 aromatic heterocycles. The summed E-state index contributed by atoms with van der Waals surface area (Å²) in [6.45, 7) is 4.53. The van der Waals surface area contributed by atoms with Gasteiger partial charge in [-0.3, -0.25) is 0 Å². The Bertz CT molecular complexity index is 536. The van der Waals surface area contributed by atoms with E-state index in [0.717, 1.165) is 6.42 Å². The third-order valence-corrected chi connectivity index (χ3v) is 2.92.